The number of fused-ring (bicyclic) bond motifs is 8. The first-order valence-corrected chi connectivity index (χ1v) is 17.8. The van der Waals surface area contributed by atoms with E-state index in [0.717, 1.165) is 89.4 Å². The molecule has 0 saturated heterocycles. The predicted molar refractivity (Wildman–Crippen MR) is 225 cm³/mol. The molecule has 15 heteroatoms. The Labute approximate surface area is 350 Å². The van der Waals surface area contributed by atoms with E-state index in [-0.39, 0.29) is 23.9 Å². The van der Waals surface area contributed by atoms with Crippen LogP contribution in [0.1, 0.15) is 22.8 Å². The molecular weight excluding hydrogens is 877 g/mol. The third kappa shape index (κ3) is 10.7. The molecular formula is C44H28B2F8N4Sn. The van der Waals surface area contributed by atoms with Crippen LogP contribution in [0.2, 0.25) is 0 Å². The number of halogens is 8. The van der Waals surface area contributed by atoms with Crippen LogP contribution in [0.4, 0.5) is 34.5 Å². The normalized spacial score (nSPS) is 11.8. The second kappa shape index (κ2) is 18.2. The summed E-state index contributed by atoms with van der Waals surface area (Å²) < 4.78 is 78.0. The Hall–Kier alpha value is -6.15. The molecule has 4 aromatic carbocycles. The number of rotatable bonds is 4. The van der Waals surface area contributed by atoms with Crippen LogP contribution in [0.15, 0.2) is 146 Å². The SMILES string of the molecule is C1=Cc2nc1c(-c1ccccc1)c1ccc([n-]1)c(-c1ccccc1)c1nc(c(-c3ccccc3)c3ccc([n-]3)c2-c2ccccc2)C=C1.F[B-](F)(F)F.F[B-](F)(F)F.[Sn+4]. The minimum atomic E-state index is -6.00. The van der Waals surface area contributed by atoms with Crippen molar-refractivity contribution >= 4 is 84.8 Å². The van der Waals surface area contributed by atoms with Gasteiger partial charge in [-0.15, -0.1) is 22.1 Å². The maximum absolute atomic E-state index is 9.75. The summed E-state index contributed by atoms with van der Waals surface area (Å²) in [6.07, 6.45) is 8.41. The minimum Gasteiger partial charge on any atom is -0.657 e. The first-order chi connectivity index (χ1) is 27.8. The summed E-state index contributed by atoms with van der Waals surface area (Å²) in [5, 5.41) is 0. The second-order valence-electron chi connectivity index (χ2n) is 12.8. The van der Waals surface area contributed by atoms with Gasteiger partial charge in [0.2, 0.25) is 0 Å². The van der Waals surface area contributed by atoms with Crippen molar-refractivity contribution in [3.8, 4) is 44.5 Å². The van der Waals surface area contributed by atoms with Crippen molar-refractivity contribution in [3.05, 3.63) is 168 Å². The van der Waals surface area contributed by atoms with Crippen molar-refractivity contribution in [1.82, 2.24) is 19.9 Å². The van der Waals surface area contributed by atoms with Gasteiger partial charge in [-0.3, -0.25) is 0 Å². The van der Waals surface area contributed by atoms with Crippen LogP contribution in [-0.2, 0) is 0 Å². The van der Waals surface area contributed by atoms with Crippen molar-refractivity contribution in [1.29, 1.82) is 0 Å². The number of benzene rings is 4. The van der Waals surface area contributed by atoms with Crippen LogP contribution >= 0.6 is 0 Å². The van der Waals surface area contributed by atoms with E-state index < -0.39 is 14.5 Å². The Bertz CT molecular complexity index is 2400. The van der Waals surface area contributed by atoms with E-state index in [9.17, 15) is 34.5 Å². The quantitative estimate of drug-likeness (QED) is 0.130. The number of nitrogens with zero attached hydrogens (tertiary/aromatic N) is 4. The monoisotopic (exact) mass is 906 g/mol. The van der Waals surface area contributed by atoms with Gasteiger partial charge in [0, 0.05) is 0 Å². The molecule has 59 heavy (non-hydrogen) atoms. The molecule has 0 unspecified atom stereocenters. The molecule has 7 aromatic rings. The van der Waals surface area contributed by atoms with Crippen molar-refractivity contribution in [3.63, 3.8) is 0 Å². The summed E-state index contributed by atoms with van der Waals surface area (Å²) in [5.74, 6) is 0. The van der Waals surface area contributed by atoms with Crippen LogP contribution in [0, 0.1) is 0 Å². The Morgan fingerprint density at radius 2 is 0.492 bits per heavy atom. The third-order valence-corrected chi connectivity index (χ3v) is 8.86. The van der Waals surface area contributed by atoms with Crippen molar-refractivity contribution in [2.45, 2.75) is 0 Å². The summed E-state index contributed by atoms with van der Waals surface area (Å²) in [4.78, 5) is 21.2. The molecule has 0 fully saturated rings. The Balaban J connectivity index is 0.000000479. The zero-order valence-electron chi connectivity index (χ0n) is 30.6. The topological polar surface area (TPSA) is 54.0 Å². The number of hydrogen-bond acceptors (Lipinski definition) is 2. The molecule has 0 saturated carbocycles. The van der Waals surface area contributed by atoms with Crippen LogP contribution in [0.5, 0.6) is 0 Å². The Morgan fingerprint density at radius 3 is 0.678 bits per heavy atom. The molecule has 8 bridgehead atoms. The maximum atomic E-state index is 9.75. The van der Waals surface area contributed by atoms with Crippen molar-refractivity contribution in [2.75, 3.05) is 0 Å². The van der Waals surface area contributed by atoms with E-state index >= 15 is 0 Å². The summed E-state index contributed by atoms with van der Waals surface area (Å²) >= 11 is 0. The molecule has 0 amide bonds. The molecule has 0 N–H and O–H groups in total. The summed E-state index contributed by atoms with van der Waals surface area (Å²) in [6.45, 7) is 0. The molecule has 9 rings (SSSR count). The van der Waals surface area contributed by atoms with Crippen LogP contribution < -0.4 is 9.97 Å². The predicted octanol–water partition coefficient (Wildman–Crippen LogP) is 12.8. The van der Waals surface area contributed by atoms with Gasteiger partial charge >= 0.3 is 38.4 Å². The fraction of sp³-hybridized carbons (Fsp3) is 0. The third-order valence-electron chi connectivity index (χ3n) is 8.86. The summed E-state index contributed by atoms with van der Waals surface area (Å²) in [6, 6.07) is 50.0. The van der Waals surface area contributed by atoms with E-state index in [0.29, 0.717) is 0 Å². The minimum absolute atomic E-state index is 0. The Kier molecular flexibility index (Phi) is 13.1. The van der Waals surface area contributed by atoms with Gasteiger partial charge in [-0.1, -0.05) is 146 Å². The molecule has 0 spiro atoms. The van der Waals surface area contributed by atoms with Crippen LogP contribution in [-0.4, -0.2) is 48.4 Å². The first kappa shape index (κ1) is 42.5. The molecule has 290 valence electrons. The summed E-state index contributed by atoms with van der Waals surface area (Å²) in [5.41, 5.74) is 15.0. The van der Waals surface area contributed by atoms with Crippen molar-refractivity contribution in [2.24, 2.45) is 0 Å². The largest absolute Gasteiger partial charge is 4.00 e. The molecule has 0 radical (unpaired) electrons. The maximum Gasteiger partial charge on any atom is 4.00 e. The van der Waals surface area contributed by atoms with Gasteiger partial charge < -0.3 is 44.5 Å². The Morgan fingerprint density at radius 1 is 0.305 bits per heavy atom. The molecule has 3 aromatic heterocycles. The fourth-order valence-electron chi connectivity index (χ4n) is 6.69. The molecule has 2 aliphatic heterocycles. The molecule has 0 atom stereocenters. The van der Waals surface area contributed by atoms with Gasteiger partial charge in [0.1, 0.15) is 0 Å². The summed E-state index contributed by atoms with van der Waals surface area (Å²) in [7, 11) is -12.0. The second-order valence-corrected chi connectivity index (χ2v) is 12.8. The van der Waals surface area contributed by atoms with E-state index in [4.69, 9.17) is 19.9 Å². The molecule has 5 heterocycles. The van der Waals surface area contributed by atoms with E-state index in [1.165, 1.54) is 0 Å². The standard InChI is InChI=1S/C44H28N4.2BF4.Sn/c1-5-13-29(14-6-1)41-33-21-23-35(45-33)42(30-15-7-2-8-16-30)37-25-27-39(47-37)44(32-19-11-4-12-20-32)40-28-26-38(48-40)43(31-17-9-3-10-18-31)36-24-22-34(41)46-36;2*2-1(3,4)5;/h1-28H;;;/q-2;2*-1;+4. The number of aromatic nitrogens is 4. The van der Waals surface area contributed by atoms with E-state index in [2.05, 4.69) is 146 Å². The van der Waals surface area contributed by atoms with Gasteiger partial charge in [-0.25, -0.2) is 9.97 Å². The van der Waals surface area contributed by atoms with E-state index in [1.807, 2.05) is 24.3 Å². The zero-order valence-corrected chi connectivity index (χ0v) is 33.5. The average Bonchev–Trinajstić information content (AvgIpc) is 4.03. The van der Waals surface area contributed by atoms with Gasteiger partial charge in [0.25, 0.3) is 0 Å². The molecule has 2 aliphatic rings. The fourth-order valence-corrected chi connectivity index (χ4v) is 6.69. The van der Waals surface area contributed by atoms with Crippen LogP contribution in [0.3, 0.4) is 0 Å². The van der Waals surface area contributed by atoms with Gasteiger partial charge in [-0.2, -0.15) is 0 Å². The average molecular weight is 905 g/mol. The van der Waals surface area contributed by atoms with Crippen molar-refractivity contribution < 1.29 is 34.5 Å². The van der Waals surface area contributed by atoms with Crippen LogP contribution in [0.25, 0.3) is 90.9 Å². The van der Waals surface area contributed by atoms with Gasteiger partial charge in [-0.05, 0) is 68.8 Å². The smallest absolute Gasteiger partial charge is 0.657 e. The molecule has 0 aliphatic carbocycles. The zero-order chi connectivity index (χ0) is 40.9. The van der Waals surface area contributed by atoms with Gasteiger partial charge in [0.05, 0.1) is 22.8 Å². The van der Waals surface area contributed by atoms with E-state index in [1.54, 1.807) is 0 Å². The number of hydrogen-bond donors (Lipinski definition) is 0. The first-order valence-electron chi connectivity index (χ1n) is 17.8. The van der Waals surface area contributed by atoms with Gasteiger partial charge in [0.15, 0.2) is 0 Å². The molecule has 4 nitrogen and oxygen atoms in total.